The number of ether oxygens (including phenoxy) is 2. The number of aromatic hydroxyl groups is 1. The Balaban J connectivity index is 2.12. The molecule has 5 nitrogen and oxygen atoms in total. The molecule has 1 heterocycles. The van der Waals surface area contributed by atoms with E-state index in [9.17, 15) is 9.90 Å². The molecule has 1 N–H and O–H groups in total. The van der Waals surface area contributed by atoms with Crippen LogP contribution in [0.15, 0.2) is 30.4 Å². The molecule has 120 valence electrons. The van der Waals surface area contributed by atoms with Crippen LogP contribution in [-0.4, -0.2) is 48.8 Å². The normalized spacial score (nSPS) is 17.0. The molecular formula is C17H23NO4. The summed E-state index contributed by atoms with van der Waals surface area (Å²) in [5.41, 5.74) is 0.442. The van der Waals surface area contributed by atoms with Crippen LogP contribution in [0.25, 0.3) is 0 Å². The van der Waals surface area contributed by atoms with Gasteiger partial charge >= 0.3 is 0 Å². The number of phenolic OH excluding ortho intramolecular Hbond substituents is 1. The van der Waals surface area contributed by atoms with Crippen molar-refractivity contribution in [2.45, 2.75) is 25.8 Å². The molecule has 1 aliphatic rings. The second-order valence-corrected chi connectivity index (χ2v) is 5.30. The molecule has 1 unspecified atom stereocenters. The molecule has 22 heavy (non-hydrogen) atoms. The number of phenols is 1. The predicted molar refractivity (Wildman–Crippen MR) is 84.4 cm³/mol. The fraction of sp³-hybridized carbons (Fsp3) is 0.471. The highest BCUT2D eigenvalue weighted by atomic mass is 16.5. The summed E-state index contributed by atoms with van der Waals surface area (Å²) in [5, 5.41) is 9.81. The smallest absolute Gasteiger partial charge is 0.254 e. The number of hydrogen-bond acceptors (Lipinski definition) is 4. The van der Waals surface area contributed by atoms with Gasteiger partial charge in [0.2, 0.25) is 0 Å². The summed E-state index contributed by atoms with van der Waals surface area (Å²) in [6, 6.07) is 4.78. The number of carbonyl (C=O) groups is 1. The SMILES string of the molecule is CCCC1C=CCN1C(=O)c1cc(O)cc(OCCOC)c1. The van der Waals surface area contributed by atoms with Crippen LogP contribution in [0.5, 0.6) is 11.5 Å². The summed E-state index contributed by atoms with van der Waals surface area (Å²) < 4.78 is 10.4. The minimum absolute atomic E-state index is 0.0254. The number of nitrogens with zero attached hydrogens (tertiary/aromatic N) is 1. The lowest BCUT2D eigenvalue weighted by atomic mass is 10.1. The van der Waals surface area contributed by atoms with Gasteiger partial charge in [0.05, 0.1) is 12.6 Å². The van der Waals surface area contributed by atoms with Gasteiger partial charge in [0.1, 0.15) is 18.1 Å². The van der Waals surface area contributed by atoms with Gasteiger partial charge in [0.15, 0.2) is 0 Å². The number of rotatable bonds is 7. The Hall–Kier alpha value is -2.01. The van der Waals surface area contributed by atoms with Crippen molar-refractivity contribution in [2.24, 2.45) is 0 Å². The van der Waals surface area contributed by atoms with Crippen LogP contribution in [-0.2, 0) is 4.74 Å². The quantitative estimate of drug-likeness (QED) is 0.621. The van der Waals surface area contributed by atoms with Crippen LogP contribution in [0.1, 0.15) is 30.1 Å². The third kappa shape index (κ3) is 4.01. The summed E-state index contributed by atoms with van der Waals surface area (Å²) in [5.74, 6) is 0.410. The van der Waals surface area contributed by atoms with E-state index in [0.29, 0.717) is 31.1 Å². The molecule has 1 atom stereocenters. The van der Waals surface area contributed by atoms with Crippen LogP contribution in [0, 0.1) is 0 Å². The first-order valence-electron chi connectivity index (χ1n) is 7.59. The van der Waals surface area contributed by atoms with E-state index in [1.54, 1.807) is 13.2 Å². The van der Waals surface area contributed by atoms with Crippen LogP contribution < -0.4 is 4.74 Å². The Kier molecular flexibility index (Phi) is 5.83. The molecule has 0 bridgehead atoms. The predicted octanol–water partition coefficient (Wildman–Crippen LogP) is 2.60. The highest BCUT2D eigenvalue weighted by Crippen LogP contribution is 2.25. The van der Waals surface area contributed by atoms with Gasteiger partial charge in [-0.15, -0.1) is 0 Å². The van der Waals surface area contributed by atoms with Gasteiger partial charge in [0, 0.05) is 25.3 Å². The number of methoxy groups -OCH3 is 1. The molecule has 0 aromatic heterocycles. The maximum atomic E-state index is 12.7. The van der Waals surface area contributed by atoms with Crippen LogP contribution >= 0.6 is 0 Å². The van der Waals surface area contributed by atoms with Crippen molar-refractivity contribution in [1.82, 2.24) is 4.90 Å². The number of benzene rings is 1. The third-order valence-corrected chi connectivity index (χ3v) is 3.60. The summed E-state index contributed by atoms with van der Waals surface area (Å²) in [7, 11) is 1.59. The highest BCUT2D eigenvalue weighted by molar-refractivity contribution is 5.95. The van der Waals surface area contributed by atoms with E-state index in [1.165, 1.54) is 12.1 Å². The maximum absolute atomic E-state index is 12.7. The zero-order chi connectivity index (χ0) is 15.9. The molecule has 0 saturated heterocycles. The molecule has 0 fully saturated rings. The second-order valence-electron chi connectivity index (χ2n) is 5.30. The molecule has 2 rings (SSSR count). The van der Waals surface area contributed by atoms with E-state index in [1.807, 2.05) is 11.0 Å². The fourth-order valence-electron chi connectivity index (χ4n) is 2.55. The molecule has 5 heteroatoms. The molecule has 0 radical (unpaired) electrons. The number of carbonyl (C=O) groups excluding carboxylic acids is 1. The maximum Gasteiger partial charge on any atom is 0.254 e. The van der Waals surface area contributed by atoms with E-state index in [0.717, 1.165) is 12.8 Å². The van der Waals surface area contributed by atoms with Gasteiger partial charge in [-0.25, -0.2) is 0 Å². The summed E-state index contributed by atoms with van der Waals surface area (Å²) >= 11 is 0. The Morgan fingerprint density at radius 3 is 2.91 bits per heavy atom. The van der Waals surface area contributed by atoms with Gasteiger partial charge in [-0.05, 0) is 18.6 Å². The zero-order valence-electron chi connectivity index (χ0n) is 13.1. The average molecular weight is 305 g/mol. The number of amides is 1. The lowest BCUT2D eigenvalue weighted by Gasteiger charge is -2.24. The first-order valence-corrected chi connectivity index (χ1v) is 7.59. The van der Waals surface area contributed by atoms with Crippen LogP contribution in [0.2, 0.25) is 0 Å². The molecule has 1 amide bonds. The molecule has 1 aromatic carbocycles. The largest absolute Gasteiger partial charge is 0.508 e. The van der Waals surface area contributed by atoms with Crippen molar-refractivity contribution < 1.29 is 19.4 Å². The summed E-state index contributed by atoms with van der Waals surface area (Å²) in [6.45, 7) is 3.54. The van der Waals surface area contributed by atoms with Gasteiger partial charge in [0.25, 0.3) is 5.91 Å². The van der Waals surface area contributed by atoms with Crippen molar-refractivity contribution in [3.05, 3.63) is 35.9 Å². The van der Waals surface area contributed by atoms with Gasteiger partial charge < -0.3 is 19.5 Å². The Labute approximate surface area is 131 Å². The van der Waals surface area contributed by atoms with Crippen molar-refractivity contribution in [3.63, 3.8) is 0 Å². The topological polar surface area (TPSA) is 59.0 Å². The summed E-state index contributed by atoms with van der Waals surface area (Å²) in [4.78, 5) is 14.5. The second kappa shape index (κ2) is 7.84. The van der Waals surface area contributed by atoms with Crippen molar-refractivity contribution in [3.8, 4) is 11.5 Å². The van der Waals surface area contributed by atoms with E-state index >= 15 is 0 Å². The molecule has 1 aromatic rings. The van der Waals surface area contributed by atoms with Gasteiger partial charge in [-0.1, -0.05) is 25.5 Å². The monoisotopic (exact) mass is 305 g/mol. The first kappa shape index (κ1) is 16.4. The fourth-order valence-corrected chi connectivity index (χ4v) is 2.55. The highest BCUT2D eigenvalue weighted by Gasteiger charge is 2.25. The number of hydrogen-bond donors (Lipinski definition) is 1. The lowest BCUT2D eigenvalue weighted by Crippen LogP contribution is -2.36. The minimum Gasteiger partial charge on any atom is -0.508 e. The summed E-state index contributed by atoms with van der Waals surface area (Å²) in [6.07, 6.45) is 6.04. The standard InChI is InChI=1S/C17H23NO4/c1-3-5-14-6-4-7-18(14)17(20)13-10-15(19)12-16(11-13)22-9-8-21-2/h4,6,10-12,14,19H,3,5,7-9H2,1-2H3. The molecular weight excluding hydrogens is 282 g/mol. The zero-order valence-corrected chi connectivity index (χ0v) is 13.1. The minimum atomic E-state index is -0.0871. The van der Waals surface area contributed by atoms with E-state index in [-0.39, 0.29) is 17.7 Å². The molecule has 0 spiro atoms. The third-order valence-electron chi connectivity index (χ3n) is 3.60. The Bertz CT molecular complexity index is 541. The lowest BCUT2D eigenvalue weighted by molar-refractivity contribution is 0.0743. The molecule has 0 saturated carbocycles. The van der Waals surface area contributed by atoms with Gasteiger partial charge in [-0.3, -0.25) is 4.79 Å². The van der Waals surface area contributed by atoms with E-state index in [4.69, 9.17) is 9.47 Å². The van der Waals surface area contributed by atoms with Gasteiger partial charge in [-0.2, -0.15) is 0 Å². The van der Waals surface area contributed by atoms with E-state index in [2.05, 4.69) is 13.0 Å². The van der Waals surface area contributed by atoms with Crippen LogP contribution in [0.3, 0.4) is 0 Å². The molecule has 0 aliphatic carbocycles. The van der Waals surface area contributed by atoms with Crippen molar-refractivity contribution >= 4 is 5.91 Å². The van der Waals surface area contributed by atoms with Crippen LogP contribution in [0.4, 0.5) is 0 Å². The first-order chi connectivity index (χ1) is 10.7. The van der Waals surface area contributed by atoms with Crippen molar-refractivity contribution in [2.75, 3.05) is 26.9 Å². The molecule has 1 aliphatic heterocycles. The average Bonchev–Trinajstić information content (AvgIpc) is 2.95. The Morgan fingerprint density at radius 1 is 1.36 bits per heavy atom. The van der Waals surface area contributed by atoms with Crippen molar-refractivity contribution in [1.29, 1.82) is 0 Å². The Morgan fingerprint density at radius 2 is 2.18 bits per heavy atom. The van der Waals surface area contributed by atoms with E-state index < -0.39 is 0 Å².